The molecule has 0 aromatic heterocycles. The van der Waals surface area contributed by atoms with E-state index in [1.54, 1.807) is 0 Å². The van der Waals surface area contributed by atoms with Crippen LogP contribution in [0.2, 0.25) is 0 Å². The molecule has 1 fully saturated rings. The lowest BCUT2D eigenvalue weighted by molar-refractivity contribution is -0.148. The maximum Gasteiger partial charge on any atom is 0.229 e. The highest BCUT2D eigenvalue weighted by atomic mass is 16.3. The summed E-state index contributed by atoms with van der Waals surface area (Å²) in [5.41, 5.74) is 0. The second kappa shape index (κ2) is 5.10. The number of carbonyl (C=O) groups is 2. The third-order valence-electron chi connectivity index (χ3n) is 2.54. The number of carbonyl (C=O) groups excluding carboxylic acids is 2. The van der Waals surface area contributed by atoms with Crippen molar-refractivity contribution in [2.24, 2.45) is 0 Å². The van der Waals surface area contributed by atoms with Gasteiger partial charge in [-0.2, -0.15) is 0 Å². The van der Waals surface area contributed by atoms with Gasteiger partial charge in [0.15, 0.2) is 0 Å². The highest BCUT2D eigenvalue weighted by Gasteiger charge is 2.25. The Hall–Kier alpha value is -0.900. The van der Waals surface area contributed by atoms with Crippen LogP contribution in [0.15, 0.2) is 0 Å². The Labute approximate surface area is 83.9 Å². The van der Waals surface area contributed by atoms with Crippen molar-refractivity contribution in [1.29, 1.82) is 0 Å². The van der Waals surface area contributed by atoms with E-state index in [0.29, 0.717) is 38.6 Å². The second-order valence-corrected chi connectivity index (χ2v) is 3.64. The molecular weight excluding hydrogens is 182 g/mol. The average Bonchev–Trinajstić information content (AvgIpc) is 2.16. The molecule has 1 aliphatic heterocycles. The molecule has 14 heavy (non-hydrogen) atoms. The van der Waals surface area contributed by atoms with Crippen molar-refractivity contribution in [2.75, 3.05) is 6.54 Å². The van der Waals surface area contributed by atoms with Gasteiger partial charge < -0.3 is 5.11 Å². The van der Waals surface area contributed by atoms with E-state index in [-0.39, 0.29) is 11.8 Å². The SMILES string of the molecule is CCC(O)CCN1C(=O)CCCC1=O. The van der Waals surface area contributed by atoms with Crippen molar-refractivity contribution in [3.05, 3.63) is 0 Å². The minimum Gasteiger partial charge on any atom is -0.393 e. The zero-order valence-corrected chi connectivity index (χ0v) is 8.53. The third kappa shape index (κ3) is 2.80. The Bertz CT molecular complexity index is 211. The first kappa shape index (κ1) is 11.2. The van der Waals surface area contributed by atoms with Gasteiger partial charge in [0.25, 0.3) is 0 Å². The number of aliphatic hydroxyl groups excluding tert-OH is 1. The Kier molecular flexibility index (Phi) is 4.07. The summed E-state index contributed by atoms with van der Waals surface area (Å²) in [6, 6.07) is 0. The molecule has 0 aromatic rings. The molecular formula is C10H17NO3. The van der Waals surface area contributed by atoms with Gasteiger partial charge in [0.2, 0.25) is 11.8 Å². The van der Waals surface area contributed by atoms with E-state index >= 15 is 0 Å². The molecule has 1 heterocycles. The smallest absolute Gasteiger partial charge is 0.229 e. The molecule has 0 aromatic carbocycles. The summed E-state index contributed by atoms with van der Waals surface area (Å²) < 4.78 is 0. The highest BCUT2D eigenvalue weighted by molar-refractivity contribution is 5.97. The van der Waals surface area contributed by atoms with Crippen LogP contribution >= 0.6 is 0 Å². The number of hydrogen-bond donors (Lipinski definition) is 1. The summed E-state index contributed by atoms with van der Waals surface area (Å²) in [4.78, 5) is 23.9. The van der Waals surface area contributed by atoms with Gasteiger partial charge in [-0.1, -0.05) is 6.92 Å². The van der Waals surface area contributed by atoms with Gasteiger partial charge in [-0.15, -0.1) is 0 Å². The second-order valence-electron chi connectivity index (χ2n) is 3.64. The molecule has 80 valence electrons. The van der Waals surface area contributed by atoms with E-state index in [4.69, 9.17) is 0 Å². The number of likely N-dealkylation sites (tertiary alicyclic amines) is 1. The monoisotopic (exact) mass is 199 g/mol. The summed E-state index contributed by atoms with van der Waals surface area (Å²) in [5.74, 6) is -0.186. The van der Waals surface area contributed by atoms with Crippen LogP contribution in [0.25, 0.3) is 0 Å². The molecule has 0 bridgehead atoms. The van der Waals surface area contributed by atoms with Gasteiger partial charge in [0, 0.05) is 19.4 Å². The molecule has 1 saturated heterocycles. The molecule has 4 heteroatoms. The van der Waals surface area contributed by atoms with Crippen LogP contribution in [0, 0.1) is 0 Å². The van der Waals surface area contributed by atoms with Crippen LogP contribution < -0.4 is 0 Å². The average molecular weight is 199 g/mol. The molecule has 1 aliphatic rings. The van der Waals surface area contributed by atoms with E-state index in [9.17, 15) is 14.7 Å². The minimum absolute atomic E-state index is 0.0930. The Morgan fingerprint density at radius 3 is 2.43 bits per heavy atom. The number of aliphatic hydroxyl groups is 1. The van der Waals surface area contributed by atoms with Gasteiger partial charge in [-0.3, -0.25) is 14.5 Å². The minimum atomic E-state index is -0.405. The van der Waals surface area contributed by atoms with Gasteiger partial charge in [-0.05, 0) is 19.3 Å². The number of rotatable bonds is 4. The fourth-order valence-corrected chi connectivity index (χ4v) is 1.53. The van der Waals surface area contributed by atoms with Gasteiger partial charge in [0.1, 0.15) is 0 Å². The summed E-state index contributed by atoms with van der Waals surface area (Å²) in [6.07, 6.45) is 2.36. The highest BCUT2D eigenvalue weighted by Crippen LogP contribution is 2.13. The van der Waals surface area contributed by atoms with E-state index in [0.717, 1.165) is 0 Å². The summed E-state index contributed by atoms with van der Waals surface area (Å²) in [5, 5.41) is 9.31. The summed E-state index contributed by atoms with van der Waals surface area (Å²) in [7, 11) is 0. The Morgan fingerprint density at radius 2 is 1.93 bits per heavy atom. The van der Waals surface area contributed by atoms with Crippen molar-refractivity contribution in [3.8, 4) is 0 Å². The number of imide groups is 1. The van der Waals surface area contributed by atoms with E-state index in [1.807, 2.05) is 6.92 Å². The molecule has 4 nitrogen and oxygen atoms in total. The lowest BCUT2D eigenvalue weighted by Crippen LogP contribution is -2.41. The standard InChI is InChI=1S/C10H17NO3/c1-2-8(12)6-7-11-9(13)4-3-5-10(11)14/h8,12H,2-7H2,1H3. The van der Waals surface area contributed by atoms with Gasteiger partial charge in [-0.25, -0.2) is 0 Å². The molecule has 1 unspecified atom stereocenters. The van der Waals surface area contributed by atoms with Crippen LogP contribution in [-0.4, -0.2) is 34.5 Å². The zero-order chi connectivity index (χ0) is 10.6. The van der Waals surface area contributed by atoms with E-state index in [2.05, 4.69) is 0 Å². The first-order valence-corrected chi connectivity index (χ1v) is 5.16. The molecule has 0 spiro atoms. The Morgan fingerprint density at radius 1 is 1.36 bits per heavy atom. The summed E-state index contributed by atoms with van der Waals surface area (Å²) in [6.45, 7) is 2.25. The first-order valence-electron chi connectivity index (χ1n) is 5.16. The van der Waals surface area contributed by atoms with Crippen molar-refractivity contribution in [2.45, 2.75) is 45.1 Å². The number of piperidine rings is 1. The fourth-order valence-electron chi connectivity index (χ4n) is 1.53. The van der Waals surface area contributed by atoms with Crippen molar-refractivity contribution < 1.29 is 14.7 Å². The van der Waals surface area contributed by atoms with E-state index in [1.165, 1.54) is 4.90 Å². The predicted molar refractivity (Wildman–Crippen MR) is 51.5 cm³/mol. The molecule has 1 rings (SSSR count). The molecule has 1 N–H and O–H groups in total. The number of hydrogen-bond acceptors (Lipinski definition) is 3. The molecule has 0 radical (unpaired) electrons. The molecule has 1 atom stereocenters. The first-order chi connectivity index (χ1) is 6.65. The largest absolute Gasteiger partial charge is 0.393 e. The molecule has 0 aliphatic carbocycles. The zero-order valence-electron chi connectivity index (χ0n) is 8.53. The van der Waals surface area contributed by atoms with Crippen LogP contribution in [0.4, 0.5) is 0 Å². The Balaban J connectivity index is 2.40. The summed E-state index contributed by atoms with van der Waals surface area (Å²) >= 11 is 0. The van der Waals surface area contributed by atoms with Gasteiger partial charge in [0.05, 0.1) is 6.10 Å². The van der Waals surface area contributed by atoms with Gasteiger partial charge >= 0.3 is 0 Å². The maximum absolute atomic E-state index is 11.3. The number of amides is 2. The van der Waals surface area contributed by atoms with Crippen molar-refractivity contribution >= 4 is 11.8 Å². The lowest BCUT2D eigenvalue weighted by atomic mass is 10.1. The topological polar surface area (TPSA) is 57.6 Å². The fraction of sp³-hybridized carbons (Fsp3) is 0.800. The van der Waals surface area contributed by atoms with Crippen LogP contribution in [0.5, 0.6) is 0 Å². The maximum atomic E-state index is 11.3. The number of nitrogens with zero attached hydrogens (tertiary/aromatic N) is 1. The normalized spacial score (nSPS) is 20.0. The molecule has 0 saturated carbocycles. The van der Waals surface area contributed by atoms with Crippen molar-refractivity contribution in [1.82, 2.24) is 4.90 Å². The van der Waals surface area contributed by atoms with Crippen molar-refractivity contribution in [3.63, 3.8) is 0 Å². The third-order valence-corrected chi connectivity index (χ3v) is 2.54. The van der Waals surface area contributed by atoms with E-state index < -0.39 is 6.10 Å². The van der Waals surface area contributed by atoms with Crippen LogP contribution in [0.3, 0.4) is 0 Å². The quantitative estimate of drug-likeness (QED) is 0.677. The lowest BCUT2D eigenvalue weighted by Gasteiger charge is -2.25. The predicted octanol–water partition coefficient (Wildman–Crippen LogP) is 0.687. The van der Waals surface area contributed by atoms with Crippen LogP contribution in [0.1, 0.15) is 39.0 Å². The van der Waals surface area contributed by atoms with Crippen LogP contribution in [-0.2, 0) is 9.59 Å². The molecule has 2 amide bonds.